The highest BCUT2D eigenvalue weighted by Gasteiger charge is 2.66. The summed E-state index contributed by atoms with van der Waals surface area (Å²) in [6.07, 6.45) is 0.907. The maximum atomic E-state index is 15.4. The minimum Gasteiger partial charge on any atom is -0.447 e. The maximum Gasteiger partial charge on any atom is 0.414 e. The first-order chi connectivity index (χ1) is 14.7. The van der Waals surface area contributed by atoms with Gasteiger partial charge in [0.25, 0.3) is 5.91 Å². The van der Waals surface area contributed by atoms with Crippen LogP contribution in [-0.4, -0.2) is 57.9 Å². The summed E-state index contributed by atoms with van der Waals surface area (Å²) in [7, 11) is -3.23. The molecule has 3 aliphatic heterocycles. The molecule has 2 fully saturated rings. The van der Waals surface area contributed by atoms with Gasteiger partial charge >= 0.3 is 6.09 Å². The minimum absolute atomic E-state index is 0.147. The predicted octanol–water partition coefficient (Wildman–Crippen LogP) is 3.33. The van der Waals surface area contributed by atoms with E-state index in [1.54, 1.807) is 42.3 Å². The Morgan fingerprint density at radius 3 is 2.71 bits per heavy atom. The molecule has 0 aliphatic carbocycles. The van der Waals surface area contributed by atoms with Crippen LogP contribution in [0.5, 0.6) is 0 Å². The van der Waals surface area contributed by atoms with Crippen molar-refractivity contribution in [3.8, 4) is 0 Å². The number of aliphatic hydroxyl groups is 1. The van der Waals surface area contributed by atoms with Gasteiger partial charge in [-0.05, 0) is 37.7 Å². The zero-order valence-corrected chi connectivity index (χ0v) is 19.1. The lowest BCUT2D eigenvalue weighted by Gasteiger charge is -2.31. The number of rotatable bonds is 6. The van der Waals surface area contributed by atoms with Gasteiger partial charge in [-0.15, -0.1) is 6.58 Å². The summed E-state index contributed by atoms with van der Waals surface area (Å²) in [5.41, 5.74) is 0.102. The standard InChI is InChI=1S/C22H29FN2O5Si/c1-5-9-25-17-7-6-15(24-10-12-29-21(24)28)13-16(17)22(20(25)27)14(2)19(31(3,4)23)18(30-22)8-11-26/h5-7,13-14,18-19,26H,1,8-12H2,2-4H3/t14-,18+,19-,22+/m0/s1. The summed E-state index contributed by atoms with van der Waals surface area (Å²) in [5.74, 6) is -0.683. The van der Waals surface area contributed by atoms with E-state index in [0.29, 0.717) is 36.6 Å². The molecule has 0 bridgehead atoms. The van der Waals surface area contributed by atoms with Crippen LogP contribution in [0.3, 0.4) is 0 Å². The van der Waals surface area contributed by atoms with E-state index in [-0.39, 0.29) is 18.9 Å². The summed E-state index contributed by atoms with van der Waals surface area (Å²) in [6, 6.07) is 5.38. The second kappa shape index (κ2) is 7.72. The fraction of sp³-hybridized carbons (Fsp3) is 0.545. The number of cyclic esters (lactones) is 1. The molecule has 31 heavy (non-hydrogen) atoms. The first-order valence-electron chi connectivity index (χ1n) is 10.7. The number of hydrogen-bond donors (Lipinski definition) is 1. The molecule has 9 heteroatoms. The molecule has 4 atom stereocenters. The molecule has 0 saturated carbocycles. The topological polar surface area (TPSA) is 79.3 Å². The smallest absolute Gasteiger partial charge is 0.414 e. The maximum absolute atomic E-state index is 15.4. The number of anilines is 2. The third-order valence-electron chi connectivity index (χ3n) is 6.74. The molecule has 1 aromatic carbocycles. The summed E-state index contributed by atoms with van der Waals surface area (Å²) in [5, 5.41) is 9.59. The van der Waals surface area contributed by atoms with E-state index in [2.05, 4.69) is 6.58 Å². The van der Waals surface area contributed by atoms with Crippen LogP contribution in [0.25, 0.3) is 0 Å². The molecule has 1 aromatic rings. The SMILES string of the molecule is C=CCN1C(=O)[C@]2(O[C@H](CCO)[C@@H]([Si](C)(C)F)[C@@H]2C)c2cc(N3CCOC3=O)ccc21. The van der Waals surface area contributed by atoms with Gasteiger partial charge < -0.3 is 23.6 Å². The van der Waals surface area contributed by atoms with Gasteiger partial charge in [-0.25, -0.2) is 4.79 Å². The van der Waals surface area contributed by atoms with Crippen LogP contribution >= 0.6 is 0 Å². The van der Waals surface area contributed by atoms with Crippen molar-refractivity contribution >= 4 is 31.8 Å². The van der Waals surface area contributed by atoms with Crippen LogP contribution in [0.2, 0.25) is 18.6 Å². The third-order valence-corrected chi connectivity index (χ3v) is 9.20. The van der Waals surface area contributed by atoms with Crippen molar-refractivity contribution < 1.29 is 28.3 Å². The number of ether oxygens (including phenoxy) is 2. The van der Waals surface area contributed by atoms with Gasteiger partial charge in [-0.1, -0.05) is 13.0 Å². The Hall–Kier alpha value is -2.23. The number of aliphatic hydroxyl groups excluding tert-OH is 1. The zero-order valence-electron chi connectivity index (χ0n) is 18.1. The summed E-state index contributed by atoms with van der Waals surface area (Å²) in [4.78, 5) is 29.0. The van der Waals surface area contributed by atoms with Crippen LogP contribution in [0.1, 0.15) is 18.9 Å². The van der Waals surface area contributed by atoms with Gasteiger partial charge in [0.05, 0.1) is 18.3 Å². The van der Waals surface area contributed by atoms with Crippen molar-refractivity contribution in [1.82, 2.24) is 0 Å². The second-order valence-corrected chi connectivity index (χ2v) is 12.8. The summed E-state index contributed by atoms with van der Waals surface area (Å²) >= 11 is 0. The molecule has 2 saturated heterocycles. The Balaban J connectivity index is 1.87. The Labute approximate surface area is 182 Å². The molecule has 7 nitrogen and oxygen atoms in total. The number of amides is 2. The van der Waals surface area contributed by atoms with Gasteiger partial charge in [0, 0.05) is 35.9 Å². The number of fused-ring (bicyclic) bond motifs is 2. The molecule has 1 spiro atoms. The quantitative estimate of drug-likeness (QED) is 0.410. The zero-order chi connectivity index (χ0) is 22.6. The van der Waals surface area contributed by atoms with Gasteiger partial charge in [0.15, 0.2) is 5.60 Å². The third kappa shape index (κ3) is 3.21. The molecule has 0 unspecified atom stereocenters. The van der Waals surface area contributed by atoms with Crippen LogP contribution < -0.4 is 9.80 Å². The predicted molar refractivity (Wildman–Crippen MR) is 117 cm³/mol. The van der Waals surface area contributed by atoms with Crippen molar-refractivity contribution in [2.24, 2.45) is 5.92 Å². The van der Waals surface area contributed by atoms with Crippen molar-refractivity contribution in [1.29, 1.82) is 0 Å². The lowest BCUT2D eigenvalue weighted by Crippen LogP contribution is -2.45. The largest absolute Gasteiger partial charge is 0.447 e. The van der Waals surface area contributed by atoms with Gasteiger partial charge in [-0.2, -0.15) is 0 Å². The van der Waals surface area contributed by atoms with Crippen LogP contribution in [0.15, 0.2) is 30.9 Å². The number of hydrogen-bond acceptors (Lipinski definition) is 5. The van der Waals surface area contributed by atoms with E-state index in [1.165, 1.54) is 4.90 Å². The normalized spacial score (nSPS) is 30.3. The number of carbonyl (C=O) groups is 2. The average molecular weight is 449 g/mol. The van der Waals surface area contributed by atoms with E-state index >= 15 is 4.11 Å². The molecule has 3 heterocycles. The average Bonchev–Trinajstić information content (AvgIpc) is 3.32. The van der Waals surface area contributed by atoms with Crippen molar-refractivity contribution in [3.05, 3.63) is 36.4 Å². The molecular weight excluding hydrogens is 419 g/mol. The second-order valence-electron chi connectivity index (χ2n) is 8.96. The van der Waals surface area contributed by atoms with Crippen molar-refractivity contribution in [2.75, 3.05) is 36.1 Å². The van der Waals surface area contributed by atoms with Gasteiger partial charge in [0.2, 0.25) is 8.41 Å². The molecule has 3 aliphatic rings. The van der Waals surface area contributed by atoms with Crippen LogP contribution in [0, 0.1) is 5.92 Å². The summed E-state index contributed by atoms with van der Waals surface area (Å²) < 4.78 is 26.9. The number of benzene rings is 1. The Morgan fingerprint density at radius 2 is 2.13 bits per heavy atom. The highest BCUT2D eigenvalue weighted by molar-refractivity contribution is 6.72. The van der Waals surface area contributed by atoms with Crippen molar-refractivity contribution in [2.45, 2.75) is 43.7 Å². The van der Waals surface area contributed by atoms with Crippen LogP contribution in [-0.2, 0) is 19.9 Å². The lowest BCUT2D eigenvalue weighted by molar-refractivity contribution is -0.146. The van der Waals surface area contributed by atoms with E-state index in [4.69, 9.17) is 9.47 Å². The number of nitrogens with zero attached hydrogens (tertiary/aromatic N) is 2. The molecule has 0 radical (unpaired) electrons. The Kier molecular flexibility index (Phi) is 5.47. The summed E-state index contributed by atoms with van der Waals surface area (Å²) in [6.45, 7) is 9.75. The van der Waals surface area contributed by atoms with Gasteiger partial charge in [0.1, 0.15) is 6.61 Å². The molecule has 2 amide bonds. The lowest BCUT2D eigenvalue weighted by atomic mass is 9.82. The molecule has 168 valence electrons. The Bertz CT molecular complexity index is 920. The van der Waals surface area contributed by atoms with E-state index in [1.807, 2.05) is 6.92 Å². The van der Waals surface area contributed by atoms with Crippen LogP contribution in [0.4, 0.5) is 20.3 Å². The number of carbonyl (C=O) groups excluding carboxylic acids is 2. The van der Waals surface area contributed by atoms with E-state index in [0.717, 1.165) is 0 Å². The fourth-order valence-corrected chi connectivity index (χ4v) is 8.08. The fourth-order valence-electron chi connectivity index (χ4n) is 5.54. The molecule has 0 aromatic heterocycles. The highest BCUT2D eigenvalue weighted by Crippen LogP contribution is 2.60. The minimum atomic E-state index is -3.23. The van der Waals surface area contributed by atoms with E-state index in [9.17, 15) is 14.7 Å². The molecule has 4 rings (SSSR count). The van der Waals surface area contributed by atoms with Crippen molar-refractivity contribution in [3.63, 3.8) is 0 Å². The molecule has 1 N–H and O–H groups in total. The first kappa shape index (κ1) is 22.0. The highest BCUT2D eigenvalue weighted by atomic mass is 28.4. The number of halogens is 1. The molecular formula is C22H29FN2O5Si. The monoisotopic (exact) mass is 448 g/mol. The van der Waals surface area contributed by atoms with Gasteiger partial charge in [-0.3, -0.25) is 9.69 Å². The first-order valence-corrected chi connectivity index (χ1v) is 13.6. The Morgan fingerprint density at radius 1 is 1.39 bits per heavy atom. The van der Waals surface area contributed by atoms with E-state index < -0.39 is 37.7 Å².